The molecule has 0 aliphatic heterocycles. The molecule has 0 bridgehead atoms. The van der Waals surface area contributed by atoms with E-state index in [0.717, 1.165) is 21.3 Å². The van der Waals surface area contributed by atoms with Crippen LogP contribution >= 0.6 is 15.9 Å². The Hall–Kier alpha value is -2.47. The van der Waals surface area contributed by atoms with Crippen LogP contribution < -0.4 is 10.9 Å². The van der Waals surface area contributed by atoms with E-state index in [1.165, 1.54) is 10.9 Å². The van der Waals surface area contributed by atoms with Crippen molar-refractivity contribution in [1.29, 1.82) is 0 Å². The summed E-state index contributed by atoms with van der Waals surface area (Å²) in [5.41, 5.74) is 3.46. The highest BCUT2D eigenvalue weighted by Crippen LogP contribution is 2.17. The molecule has 25 heavy (non-hydrogen) atoms. The van der Waals surface area contributed by atoms with Gasteiger partial charge in [0.15, 0.2) is 0 Å². The molecule has 0 atom stereocenters. The fraction of sp³-hybridized carbons (Fsp3) is 0.211. The summed E-state index contributed by atoms with van der Waals surface area (Å²) in [6.45, 7) is 4.25. The summed E-state index contributed by atoms with van der Waals surface area (Å²) in [6, 6.07) is 11.2. The quantitative estimate of drug-likeness (QED) is 0.725. The van der Waals surface area contributed by atoms with Crippen molar-refractivity contribution >= 4 is 38.4 Å². The zero-order valence-corrected chi connectivity index (χ0v) is 15.6. The molecule has 5 nitrogen and oxygen atoms in total. The second-order valence-electron chi connectivity index (χ2n) is 6.02. The number of hydrogen-bond donors (Lipinski definition) is 1. The number of fused-ring (bicyclic) bond motifs is 1. The Morgan fingerprint density at radius 3 is 2.76 bits per heavy atom. The lowest BCUT2D eigenvalue weighted by molar-refractivity contribution is -0.116. The molecule has 1 heterocycles. The maximum atomic E-state index is 12.5. The van der Waals surface area contributed by atoms with E-state index >= 15 is 0 Å². The minimum Gasteiger partial charge on any atom is -0.326 e. The Morgan fingerprint density at radius 1 is 1.20 bits per heavy atom. The molecule has 3 rings (SSSR count). The molecule has 1 N–H and O–H groups in total. The number of amides is 1. The number of nitrogens with one attached hydrogen (secondary N) is 1. The molecular weight excluding hydrogens is 382 g/mol. The van der Waals surface area contributed by atoms with Gasteiger partial charge in [-0.3, -0.25) is 14.2 Å². The number of nitrogens with zero attached hydrogens (tertiary/aromatic N) is 2. The van der Waals surface area contributed by atoms with Crippen LogP contribution in [0.1, 0.15) is 17.5 Å². The summed E-state index contributed by atoms with van der Waals surface area (Å²) in [5, 5.41) is 3.43. The maximum Gasteiger partial charge on any atom is 0.261 e. The molecule has 3 aromatic rings. The summed E-state index contributed by atoms with van der Waals surface area (Å²) in [7, 11) is 0. The van der Waals surface area contributed by atoms with Crippen LogP contribution in [0.3, 0.4) is 0 Å². The van der Waals surface area contributed by atoms with E-state index < -0.39 is 0 Å². The van der Waals surface area contributed by atoms with Crippen LogP contribution in [0.5, 0.6) is 0 Å². The number of anilines is 1. The SMILES string of the molecule is Cc1ccc(NC(=O)CCn2cnc3ccc(Br)cc3c2=O)c(C)c1. The van der Waals surface area contributed by atoms with Gasteiger partial charge in [0.05, 0.1) is 17.2 Å². The molecular formula is C19H18BrN3O2. The van der Waals surface area contributed by atoms with Gasteiger partial charge in [-0.2, -0.15) is 0 Å². The molecule has 0 fully saturated rings. The second-order valence-corrected chi connectivity index (χ2v) is 6.94. The van der Waals surface area contributed by atoms with Crippen LogP contribution in [0.15, 0.2) is 52.0 Å². The molecule has 128 valence electrons. The standard InChI is InChI=1S/C19H18BrN3O2/c1-12-3-5-16(13(2)9-12)22-18(24)7-8-23-11-21-17-6-4-14(20)10-15(17)19(23)25/h3-6,9-11H,7-8H2,1-2H3,(H,22,24). The number of aryl methyl sites for hydroxylation is 3. The van der Waals surface area contributed by atoms with E-state index in [4.69, 9.17) is 0 Å². The van der Waals surface area contributed by atoms with Gasteiger partial charge in [0, 0.05) is 23.1 Å². The molecule has 2 aromatic carbocycles. The Bertz CT molecular complexity index is 1010. The molecule has 0 unspecified atom stereocenters. The first-order valence-electron chi connectivity index (χ1n) is 7.96. The molecule has 0 aliphatic rings. The smallest absolute Gasteiger partial charge is 0.261 e. The van der Waals surface area contributed by atoms with E-state index in [-0.39, 0.29) is 24.4 Å². The van der Waals surface area contributed by atoms with Crippen LogP contribution in [0.2, 0.25) is 0 Å². The highest BCUT2D eigenvalue weighted by Gasteiger charge is 2.08. The van der Waals surface area contributed by atoms with Crippen LogP contribution in [0, 0.1) is 13.8 Å². The van der Waals surface area contributed by atoms with Gasteiger partial charge in [-0.05, 0) is 43.7 Å². The van der Waals surface area contributed by atoms with Crippen LogP contribution in [-0.4, -0.2) is 15.5 Å². The van der Waals surface area contributed by atoms with Crippen molar-refractivity contribution < 1.29 is 4.79 Å². The van der Waals surface area contributed by atoms with Crippen molar-refractivity contribution in [1.82, 2.24) is 9.55 Å². The van der Waals surface area contributed by atoms with Gasteiger partial charge < -0.3 is 5.32 Å². The monoisotopic (exact) mass is 399 g/mol. The third kappa shape index (κ3) is 3.96. The van der Waals surface area contributed by atoms with Gasteiger partial charge in [0.1, 0.15) is 0 Å². The van der Waals surface area contributed by atoms with E-state index in [1.54, 1.807) is 12.1 Å². The van der Waals surface area contributed by atoms with E-state index in [0.29, 0.717) is 10.9 Å². The van der Waals surface area contributed by atoms with E-state index in [9.17, 15) is 9.59 Å². The number of carbonyl (C=O) groups is 1. The minimum absolute atomic E-state index is 0.131. The molecule has 0 radical (unpaired) electrons. The molecule has 0 aliphatic carbocycles. The maximum absolute atomic E-state index is 12.5. The normalized spacial score (nSPS) is 10.8. The zero-order chi connectivity index (χ0) is 18.0. The Morgan fingerprint density at radius 2 is 2.00 bits per heavy atom. The number of rotatable bonds is 4. The van der Waals surface area contributed by atoms with Crippen molar-refractivity contribution in [3.63, 3.8) is 0 Å². The summed E-state index contributed by atoms with van der Waals surface area (Å²) in [4.78, 5) is 29.0. The first kappa shape index (κ1) is 17.4. The summed E-state index contributed by atoms with van der Waals surface area (Å²) < 4.78 is 2.29. The molecule has 1 aromatic heterocycles. The van der Waals surface area contributed by atoms with Gasteiger partial charge >= 0.3 is 0 Å². The average molecular weight is 400 g/mol. The van der Waals surface area contributed by atoms with Crippen molar-refractivity contribution in [3.05, 3.63) is 68.7 Å². The van der Waals surface area contributed by atoms with Crippen LogP contribution in [0.25, 0.3) is 10.9 Å². The van der Waals surface area contributed by atoms with Crippen molar-refractivity contribution in [2.75, 3.05) is 5.32 Å². The molecule has 1 amide bonds. The number of halogens is 1. The van der Waals surface area contributed by atoms with E-state index in [2.05, 4.69) is 26.2 Å². The number of hydrogen-bond acceptors (Lipinski definition) is 3. The lowest BCUT2D eigenvalue weighted by atomic mass is 10.1. The number of benzene rings is 2. The average Bonchev–Trinajstić information content (AvgIpc) is 2.57. The van der Waals surface area contributed by atoms with E-state index in [1.807, 2.05) is 38.1 Å². The predicted octanol–water partition coefficient (Wildman–Crippen LogP) is 3.80. The lowest BCUT2D eigenvalue weighted by Gasteiger charge is -2.10. The van der Waals surface area contributed by atoms with Crippen molar-refractivity contribution in [2.24, 2.45) is 0 Å². The third-order valence-electron chi connectivity index (χ3n) is 4.02. The first-order valence-corrected chi connectivity index (χ1v) is 8.75. The van der Waals surface area contributed by atoms with Gasteiger partial charge in [-0.1, -0.05) is 33.6 Å². The van der Waals surface area contributed by atoms with Gasteiger partial charge in [0.25, 0.3) is 5.56 Å². The fourth-order valence-electron chi connectivity index (χ4n) is 2.68. The number of aromatic nitrogens is 2. The Labute approximate surface area is 153 Å². The topological polar surface area (TPSA) is 64.0 Å². The van der Waals surface area contributed by atoms with Crippen molar-refractivity contribution in [3.8, 4) is 0 Å². The lowest BCUT2D eigenvalue weighted by Crippen LogP contribution is -2.23. The largest absolute Gasteiger partial charge is 0.326 e. The Balaban J connectivity index is 1.73. The molecule has 0 saturated heterocycles. The van der Waals surface area contributed by atoms with Gasteiger partial charge in [0.2, 0.25) is 5.91 Å². The van der Waals surface area contributed by atoms with Crippen LogP contribution in [-0.2, 0) is 11.3 Å². The second kappa shape index (κ2) is 7.19. The minimum atomic E-state index is -0.148. The zero-order valence-electron chi connectivity index (χ0n) is 14.0. The van der Waals surface area contributed by atoms with Crippen molar-refractivity contribution in [2.45, 2.75) is 26.8 Å². The summed E-state index contributed by atoms with van der Waals surface area (Å²) in [5.74, 6) is -0.131. The van der Waals surface area contributed by atoms with Gasteiger partial charge in [-0.15, -0.1) is 0 Å². The fourth-order valence-corrected chi connectivity index (χ4v) is 3.04. The molecule has 0 spiro atoms. The highest BCUT2D eigenvalue weighted by atomic mass is 79.9. The van der Waals surface area contributed by atoms with Gasteiger partial charge in [-0.25, -0.2) is 4.98 Å². The predicted molar refractivity (Wildman–Crippen MR) is 103 cm³/mol. The first-order chi connectivity index (χ1) is 11.9. The number of carbonyl (C=O) groups excluding carboxylic acids is 1. The Kier molecular flexibility index (Phi) is 4.99. The molecule has 0 saturated carbocycles. The molecule has 6 heteroatoms. The third-order valence-corrected chi connectivity index (χ3v) is 4.52. The highest BCUT2D eigenvalue weighted by molar-refractivity contribution is 9.10. The summed E-state index contributed by atoms with van der Waals surface area (Å²) in [6.07, 6.45) is 1.69. The van der Waals surface area contributed by atoms with Crippen LogP contribution in [0.4, 0.5) is 5.69 Å². The summed E-state index contributed by atoms with van der Waals surface area (Å²) >= 11 is 3.36.